The molecule has 6 nitrogen and oxygen atoms in total. The fourth-order valence-electron chi connectivity index (χ4n) is 3.64. The minimum absolute atomic E-state index is 0.116. The van der Waals surface area contributed by atoms with Gasteiger partial charge in [0.2, 0.25) is 11.8 Å². The molecule has 1 aliphatic carbocycles. The SMILES string of the molecule is N#CC1(N(CC(N)=O)C(=O)CCC2CCCCC2)CCNC1. The molecule has 0 aromatic carbocycles. The Bertz CT molecular complexity index is 446. The fraction of sp³-hybridized carbons (Fsp3) is 0.812. The summed E-state index contributed by atoms with van der Waals surface area (Å²) in [5.74, 6) is -0.0740. The quantitative estimate of drug-likeness (QED) is 0.762. The first kappa shape index (κ1) is 16.8. The predicted octanol–water partition coefficient (Wildman–Crippen LogP) is 0.916. The Balaban J connectivity index is 1.99. The molecule has 0 spiro atoms. The molecule has 0 radical (unpaired) electrons. The van der Waals surface area contributed by atoms with Gasteiger partial charge in [-0.05, 0) is 25.3 Å². The Hall–Kier alpha value is -1.61. The van der Waals surface area contributed by atoms with Crippen molar-refractivity contribution in [3.05, 3.63) is 0 Å². The zero-order valence-corrected chi connectivity index (χ0v) is 13.1. The van der Waals surface area contributed by atoms with E-state index in [-0.39, 0.29) is 12.5 Å². The average Bonchev–Trinajstić information content (AvgIpc) is 3.01. The summed E-state index contributed by atoms with van der Waals surface area (Å²) in [5, 5.41) is 12.6. The van der Waals surface area contributed by atoms with Gasteiger partial charge in [-0.1, -0.05) is 32.1 Å². The second kappa shape index (κ2) is 7.59. The second-order valence-corrected chi connectivity index (χ2v) is 6.56. The van der Waals surface area contributed by atoms with Crippen LogP contribution in [0.4, 0.5) is 0 Å². The lowest BCUT2D eigenvalue weighted by molar-refractivity contribution is -0.139. The van der Waals surface area contributed by atoms with Crippen molar-refractivity contribution in [1.82, 2.24) is 10.2 Å². The van der Waals surface area contributed by atoms with Gasteiger partial charge in [0, 0.05) is 13.0 Å². The highest BCUT2D eigenvalue weighted by molar-refractivity contribution is 5.85. The third kappa shape index (κ3) is 3.98. The van der Waals surface area contributed by atoms with Crippen molar-refractivity contribution in [2.24, 2.45) is 11.7 Å². The molecule has 0 aromatic heterocycles. The van der Waals surface area contributed by atoms with E-state index in [1.807, 2.05) is 0 Å². The van der Waals surface area contributed by atoms with E-state index >= 15 is 0 Å². The zero-order chi connectivity index (χ0) is 16.0. The monoisotopic (exact) mass is 306 g/mol. The minimum atomic E-state index is -0.918. The topological polar surface area (TPSA) is 99.2 Å². The first-order valence-corrected chi connectivity index (χ1v) is 8.28. The van der Waals surface area contributed by atoms with E-state index in [9.17, 15) is 14.9 Å². The van der Waals surface area contributed by atoms with Gasteiger partial charge in [0.05, 0.1) is 6.07 Å². The van der Waals surface area contributed by atoms with Gasteiger partial charge in [-0.3, -0.25) is 9.59 Å². The number of primary amides is 1. The third-order valence-corrected chi connectivity index (χ3v) is 4.96. The molecule has 1 atom stereocenters. The standard InChI is InChI=1S/C16H26N4O2/c17-11-16(8-9-19-12-16)20(10-14(18)21)15(22)7-6-13-4-2-1-3-5-13/h13,19H,1-10,12H2,(H2,18,21). The van der Waals surface area contributed by atoms with Gasteiger partial charge < -0.3 is 16.0 Å². The Morgan fingerprint density at radius 3 is 2.59 bits per heavy atom. The van der Waals surface area contributed by atoms with Gasteiger partial charge in [0.15, 0.2) is 0 Å². The Morgan fingerprint density at radius 1 is 1.32 bits per heavy atom. The van der Waals surface area contributed by atoms with Gasteiger partial charge >= 0.3 is 0 Å². The molecule has 1 saturated heterocycles. The molecule has 22 heavy (non-hydrogen) atoms. The summed E-state index contributed by atoms with van der Waals surface area (Å²) >= 11 is 0. The number of nitrogens with zero attached hydrogens (tertiary/aromatic N) is 2. The Morgan fingerprint density at radius 2 is 2.05 bits per heavy atom. The average molecular weight is 306 g/mol. The molecule has 0 bridgehead atoms. The van der Waals surface area contributed by atoms with Crippen molar-refractivity contribution in [3.63, 3.8) is 0 Å². The number of nitriles is 1. The molecule has 122 valence electrons. The van der Waals surface area contributed by atoms with E-state index in [2.05, 4.69) is 11.4 Å². The summed E-state index contributed by atoms with van der Waals surface area (Å²) in [7, 11) is 0. The van der Waals surface area contributed by atoms with E-state index in [1.165, 1.54) is 37.0 Å². The van der Waals surface area contributed by atoms with E-state index in [0.717, 1.165) is 6.42 Å². The smallest absolute Gasteiger partial charge is 0.237 e. The van der Waals surface area contributed by atoms with Crippen LogP contribution < -0.4 is 11.1 Å². The molecule has 2 aliphatic rings. The number of carbonyl (C=O) groups is 2. The van der Waals surface area contributed by atoms with Crippen LogP contribution in [0.1, 0.15) is 51.4 Å². The van der Waals surface area contributed by atoms with Crippen molar-refractivity contribution in [1.29, 1.82) is 5.26 Å². The lowest BCUT2D eigenvalue weighted by Crippen LogP contribution is -2.55. The van der Waals surface area contributed by atoms with Crippen LogP contribution >= 0.6 is 0 Å². The molecule has 1 aliphatic heterocycles. The first-order valence-electron chi connectivity index (χ1n) is 8.28. The molecule has 2 fully saturated rings. The molecular weight excluding hydrogens is 280 g/mol. The highest BCUT2D eigenvalue weighted by Crippen LogP contribution is 2.29. The van der Waals surface area contributed by atoms with E-state index < -0.39 is 11.4 Å². The van der Waals surface area contributed by atoms with Crippen molar-refractivity contribution in [3.8, 4) is 6.07 Å². The summed E-state index contributed by atoms with van der Waals surface area (Å²) in [6.45, 7) is 0.920. The van der Waals surface area contributed by atoms with E-state index in [1.54, 1.807) is 0 Å². The van der Waals surface area contributed by atoms with Crippen molar-refractivity contribution in [2.45, 2.75) is 56.9 Å². The summed E-state index contributed by atoms with van der Waals surface area (Å²) in [4.78, 5) is 25.4. The molecule has 2 amide bonds. The van der Waals surface area contributed by atoms with Crippen LogP contribution in [0.25, 0.3) is 0 Å². The third-order valence-electron chi connectivity index (χ3n) is 4.96. The number of carbonyl (C=O) groups excluding carboxylic acids is 2. The largest absolute Gasteiger partial charge is 0.368 e. The second-order valence-electron chi connectivity index (χ2n) is 6.56. The van der Waals surface area contributed by atoms with Crippen LogP contribution in [0.2, 0.25) is 0 Å². The fourth-order valence-corrected chi connectivity index (χ4v) is 3.64. The van der Waals surface area contributed by atoms with Crippen molar-refractivity contribution >= 4 is 11.8 Å². The number of hydrogen-bond acceptors (Lipinski definition) is 4. The number of nitrogens with one attached hydrogen (secondary N) is 1. The zero-order valence-electron chi connectivity index (χ0n) is 13.1. The highest BCUT2D eigenvalue weighted by atomic mass is 16.2. The molecule has 3 N–H and O–H groups in total. The van der Waals surface area contributed by atoms with Crippen LogP contribution in [-0.4, -0.2) is 41.9 Å². The van der Waals surface area contributed by atoms with Crippen LogP contribution in [0.3, 0.4) is 0 Å². The Labute approximate surface area is 132 Å². The summed E-state index contributed by atoms with van der Waals surface area (Å²) in [6, 6.07) is 2.24. The number of amides is 2. The first-order chi connectivity index (χ1) is 10.6. The molecule has 1 unspecified atom stereocenters. The van der Waals surface area contributed by atoms with Crippen LogP contribution in [0.5, 0.6) is 0 Å². The lowest BCUT2D eigenvalue weighted by atomic mass is 9.86. The van der Waals surface area contributed by atoms with Gasteiger partial charge in [-0.15, -0.1) is 0 Å². The van der Waals surface area contributed by atoms with Gasteiger partial charge in [0.25, 0.3) is 0 Å². The summed E-state index contributed by atoms with van der Waals surface area (Å²) in [6.07, 6.45) is 7.96. The van der Waals surface area contributed by atoms with Gasteiger partial charge in [0.1, 0.15) is 12.1 Å². The van der Waals surface area contributed by atoms with E-state index in [4.69, 9.17) is 5.73 Å². The van der Waals surface area contributed by atoms with E-state index in [0.29, 0.717) is 31.8 Å². The maximum absolute atomic E-state index is 12.6. The molecule has 6 heteroatoms. The highest BCUT2D eigenvalue weighted by Gasteiger charge is 2.43. The Kier molecular flexibility index (Phi) is 5.78. The molecular formula is C16H26N4O2. The molecule has 1 saturated carbocycles. The van der Waals surface area contributed by atoms with Crippen LogP contribution in [0.15, 0.2) is 0 Å². The van der Waals surface area contributed by atoms with Crippen LogP contribution in [0, 0.1) is 17.2 Å². The summed E-state index contributed by atoms with van der Waals surface area (Å²) < 4.78 is 0. The molecule has 0 aromatic rings. The number of rotatable bonds is 6. The normalized spacial score (nSPS) is 25.6. The lowest BCUT2D eigenvalue weighted by Gasteiger charge is -2.35. The molecule has 2 rings (SSSR count). The maximum Gasteiger partial charge on any atom is 0.237 e. The number of hydrogen-bond donors (Lipinski definition) is 2. The summed E-state index contributed by atoms with van der Waals surface area (Å²) in [5.41, 5.74) is 4.37. The van der Waals surface area contributed by atoms with Gasteiger partial charge in [-0.2, -0.15) is 5.26 Å². The maximum atomic E-state index is 12.6. The minimum Gasteiger partial charge on any atom is -0.368 e. The molecule has 1 heterocycles. The number of nitrogens with two attached hydrogens (primary N) is 1. The van der Waals surface area contributed by atoms with Crippen LogP contribution in [-0.2, 0) is 9.59 Å². The predicted molar refractivity (Wildman–Crippen MR) is 82.5 cm³/mol. The van der Waals surface area contributed by atoms with Crippen molar-refractivity contribution < 1.29 is 9.59 Å². The van der Waals surface area contributed by atoms with Gasteiger partial charge in [-0.25, -0.2) is 0 Å². The van der Waals surface area contributed by atoms with Crippen molar-refractivity contribution in [2.75, 3.05) is 19.6 Å².